The van der Waals surface area contributed by atoms with Crippen molar-refractivity contribution in [1.29, 1.82) is 0 Å². The summed E-state index contributed by atoms with van der Waals surface area (Å²) in [5.41, 5.74) is 0.212. The van der Waals surface area contributed by atoms with Crippen LogP contribution in [0, 0.1) is 17.8 Å². The molecule has 17 heavy (non-hydrogen) atoms. The summed E-state index contributed by atoms with van der Waals surface area (Å²) in [4.78, 5) is 16.6. The largest absolute Gasteiger partial charge is 0.321 e. The van der Waals surface area contributed by atoms with Gasteiger partial charge in [0.1, 0.15) is 5.50 Å². The fourth-order valence-electron chi connectivity index (χ4n) is 3.16. The number of hydrogen-bond donors (Lipinski definition) is 0. The highest BCUT2D eigenvalue weighted by atomic mass is 32.2. The molecule has 2 aliphatic rings. The number of rotatable bonds is 1. The van der Waals surface area contributed by atoms with Crippen LogP contribution < -0.4 is 0 Å². The lowest BCUT2D eigenvalue weighted by Crippen LogP contribution is -2.56. The van der Waals surface area contributed by atoms with Crippen LogP contribution in [0.15, 0.2) is 0 Å². The predicted octanol–water partition coefficient (Wildman–Crippen LogP) is 2.09. The van der Waals surface area contributed by atoms with E-state index in [9.17, 15) is 4.79 Å². The van der Waals surface area contributed by atoms with Gasteiger partial charge in [0.15, 0.2) is 0 Å². The number of amides is 1. The molecule has 3 nitrogen and oxygen atoms in total. The van der Waals surface area contributed by atoms with Gasteiger partial charge in [0.25, 0.3) is 0 Å². The van der Waals surface area contributed by atoms with E-state index in [-0.39, 0.29) is 11.4 Å². The van der Waals surface area contributed by atoms with Gasteiger partial charge in [-0.1, -0.05) is 13.8 Å². The Bertz CT molecular complexity index is 308. The van der Waals surface area contributed by atoms with Crippen LogP contribution in [0.5, 0.6) is 0 Å². The number of nitrogens with zero attached hydrogens (tertiary/aromatic N) is 2. The molecule has 4 heteroatoms. The van der Waals surface area contributed by atoms with E-state index in [0.29, 0.717) is 23.0 Å². The third-order valence-corrected chi connectivity index (χ3v) is 6.33. The molecule has 1 saturated carbocycles. The van der Waals surface area contributed by atoms with Gasteiger partial charge < -0.3 is 4.90 Å². The summed E-state index contributed by atoms with van der Waals surface area (Å²) < 4.78 is 0. The van der Waals surface area contributed by atoms with Crippen molar-refractivity contribution in [2.24, 2.45) is 17.8 Å². The fraction of sp³-hybridized carbons (Fsp3) is 0.923. The molecule has 0 aromatic rings. The third-order valence-electron chi connectivity index (χ3n) is 4.47. The molecule has 0 spiro atoms. The van der Waals surface area contributed by atoms with Crippen molar-refractivity contribution < 1.29 is 4.79 Å². The van der Waals surface area contributed by atoms with Crippen molar-refractivity contribution in [2.45, 2.75) is 37.4 Å². The Hall–Kier alpha value is -0.220. The second kappa shape index (κ2) is 4.81. The second-order valence-electron chi connectivity index (χ2n) is 5.85. The number of thioether (sulfide) groups is 1. The van der Waals surface area contributed by atoms with E-state index in [2.05, 4.69) is 32.8 Å². The minimum absolute atomic E-state index is 0.212. The van der Waals surface area contributed by atoms with E-state index in [4.69, 9.17) is 0 Å². The molecule has 98 valence electrons. The first-order valence-electron chi connectivity index (χ1n) is 6.52. The van der Waals surface area contributed by atoms with Gasteiger partial charge in [0.2, 0.25) is 5.91 Å². The first-order chi connectivity index (χ1) is 7.93. The van der Waals surface area contributed by atoms with E-state index in [0.717, 1.165) is 0 Å². The van der Waals surface area contributed by atoms with Gasteiger partial charge in [-0.3, -0.25) is 9.69 Å². The van der Waals surface area contributed by atoms with Gasteiger partial charge >= 0.3 is 0 Å². The first-order valence-corrected chi connectivity index (χ1v) is 7.46. The minimum Gasteiger partial charge on any atom is -0.321 e. The molecule has 2 rings (SSSR count). The Morgan fingerprint density at radius 2 is 1.94 bits per heavy atom. The molecule has 1 heterocycles. The maximum atomic E-state index is 12.5. The van der Waals surface area contributed by atoms with Crippen LogP contribution in [0.4, 0.5) is 0 Å². The maximum absolute atomic E-state index is 12.5. The average Bonchev–Trinajstić information content (AvgIpc) is 2.27. The highest BCUT2D eigenvalue weighted by molar-refractivity contribution is 8.00. The van der Waals surface area contributed by atoms with Crippen LogP contribution in [-0.4, -0.2) is 47.6 Å². The normalized spacial score (nSPS) is 42.8. The fourth-order valence-corrected chi connectivity index (χ4v) is 4.81. The Labute approximate surface area is 109 Å². The smallest absolute Gasteiger partial charge is 0.228 e. The summed E-state index contributed by atoms with van der Waals surface area (Å²) in [6.07, 6.45) is 2.47. The Morgan fingerprint density at radius 1 is 1.29 bits per heavy atom. The van der Waals surface area contributed by atoms with Crippen LogP contribution in [0.25, 0.3) is 0 Å². The Morgan fingerprint density at radius 3 is 2.53 bits per heavy atom. The number of hydrogen-bond acceptors (Lipinski definition) is 3. The molecular formula is C13H24N2OS. The SMILES string of the molecule is CC1CCC2SC(N(C)C)N(C)C(=O)C2C1C. The van der Waals surface area contributed by atoms with Gasteiger partial charge in [-0.15, -0.1) is 11.8 Å². The van der Waals surface area contributed by atoms with Crippen LogP contribution in [0.3, 0.4) is 0 Å². The second-order valence-corrected chi connectivity index (χ2v) is 7.15. The van der Waals surface area contributed by atoms with Crippen LogP contribution in [0.2, 0.25) is 0 Å². The zero-order chi connectivity index (χ0) is 12.7. The molecular weight excluding hydrogens is 232 g/mol. The first kappa shape index (κ1) is 13.2. The van der Waals surface area contributed by atoms with Crippen molar-refractivity contribution in [2.75, 3.05) is 21.1 Å². The summed E-state index contributed by atoms with van der Waals surface area (Å²) in [5, 5.41) is 0.525. The predicted molar refractivity (Wildman–Crippen MR) is 72.7 cm³/mol. The van der Waals surface area contributed by atoms with Crippen LogP contribution >= 0.6 is 11.8 Å². The summed E-state index contributed by atoms with van der Waals surface area (Å²) in [5.74, 6) is 1.81. The van der Waals surface area contributed by atoms with Crippen LogP contribution in [-0.2, 0) is 4.79 Å². The third kappa shape index (κ3) is 2.22. The van der Waals surface area contributed by atoms with Gasteiger partial charge in [-0.05, 0) is 38.8 Å². The average molecular weight is 256 g/mol. The van der Waals surface area contributed by atoms with Crippen molar-refractivity contribution in [3.63, 3.8) is 0 Å². The molecule has 0 aromatic heterocycles. The zero-order valence-electron chi connectivity index (χ0n) is 11.5. The lowest BCUT2D eigenvalue weighted by Gasteiger charge is -2.49. The summed E-state index contributed by atoms with van der Waals surface area (Å²) in [6, 6.07) is 0. The molecule has 0 bridgehead atoms. The van der Waals surface area contributed by atoms with E-state index >= 15 is 0 Å². The lowest BCUT2D eigenvalue weighted by atomic mass is 9.73. The summed E-state index contributed by atoms with van der Waals surface area (Å²) in [7, 11) is 6.05. The Kier molecular flexibility index (Phi) is 3.74. The molecule has 5 unspecified atom stereocenters. The van der Waals surface area contributed by atoms with Crippen molar-refractivity contribution in [3.05, 3.63) is 0 Å². The molecule has 1 saturated heterocycles. The van der Waals surface area contributed by atoms with Gasteiger partial charge in [0, 0.05) is 12.3 Å². The summed E-state index contributed by atoms with van der Waals surface area (Å²) >= 11 is 1.97. The van der Waals surface area contributed by atoms with Crippen molar-refractivity contribution in [3.8, 4) is 0 Å². The highest BCUT2D eigenvalue weighted by Gasteiger charge is 2.47. The zero-order valence-corrected chi connectivity index (χ0v) is 12.3. The summed E-state index contributed by atoms with van der Waals surface area (Å²) in [6.45, 7) is 4.54. The molecule has 5 atom stereocenters. The van der Waals surface area contributed by atoms with Gasteiger partial charge in [-0.2, -0.15) is 0 Å². The molecule has 1 aliphatic carbocycles. The maximum Gasteiger partial charge on any atom is 0.228 e. The lowest BCUT2D eigenvalue weighted by molar-refractivity contribution is -0.141. The molecule has 0 radical (unpaired) electrons. The number of carbonyl (C=O) groups excluding carboxylic acids is 1. The van der Waals surface area contributed by atoms with E-state index in [1.807, 2.05) is 23.7 Å². The van der Waals surface area contributed by atoms with Crippen LogP contribution in [0.1, 0.15) is 26.7 Å². The number of fused-ring (bicyclic) bond motifs is 1. The standard InChI is InChI=1S/C13H24N2OS/c1-8-6-7-10-11(9(8)2)12(16)15(5)13(17-10)14(3)4/h8-11,13H,6-7H2,1-5H3. The monoisotopic (exact) mass is 256 g/mol. The van der Waals surface area contributed by atoms with E-state index in [1.54, 1.807) is 0 Å². The van der Waals surface area contributed by atoms with E-state index < -0.39 is 0 Å². The number of carbonyl (C=O) groups is 1. The molecule has 0 N–H and O–H groups in total. The molecule has 1 aliphatic heterocycles. The molecule has 0 aromatic carbocycles. The van der Waals surface area contributed by atoms with Gasteiger partial charge in [-0.25, -0.2) is 0 Å². The topological polar surface area (TPSA) is 23.6 Å². The van der Waals surface area contributed by atoms with Crippen molar-refractivity contribution in [1.82, 2.24) is 9.80 Å². The van der Waals surface area contributed by atoms with Crippen molar-refractivity contribution >= 4 is 17.7 Å². The van der Waals surface area contributed by atoms with E-state index in [1.165, 1.54) is 12.8 Å². The Balaban J connectivity index is 2.20. The van der Waals surface area contributed by atoms with Gasteiger partial charge in [0.05, 0.1) is 5.92 Å². The minimum atomic E-state index is 0.212. The highest BCUT2D eigenvalue weighted by Crippen LogP contribution is 2.46. The quantitative estimate of drug-likeness (QED) is 0.718. The molecule has 2 fully saturated rings. The molecule has 1 amide bonds.